The number of anilines is 1. The Morgan fingerprint density at radius 3 is 2.38 bits per heavy atom. The Balaban J connectivity index is 2.51. The molecule has 24 heavy (non-hydrogen) atoms. The largest absolute Gasteiger partial charge is 0.506 e. The van der Waals surface area contributed by atoms with Gasteiger partial charge in [0.1, 0.15) is 5.75 Å². The molecule has 0 heterocycles. The first-order valence-corrected chi connectivity index (χ1v) is 7.97. The Bertz CT molecular complexity index is 723. The molecule has 0 saturated heterocycles. The fourth-order valence-electron chi connectivity index (χ4n) is 2.93. The number of phenolic OH excluding ortho intramolecular Hbond substituents is 1. The summed E-state index contributed by atoms with van der Waals surface area (Å²) in [7, 11) is 1.39. The molecular weight excluding hydrogens is 302 g/mol. The van der Waals surface area contributed by atoms with Crippen molar-refractivity contribution < 1.29 is 14.6 Å². The smallest absolute Gasteiger partial charge is 0.313 e. The normalized spacial score (nSPS) is 12.5. The van der Waals surface area contributed by atoms with Crippen LogP contribution in [0.15, 0.2) is 42.5 Å². The number of aromatic hydroxyl groups is 1. The summed E-state index contributed by atoms with van der Waals surface area (Å²) in [5.74, 6) is -0.116. The number of nitrogens with one attached hydrogen (secondary N) is 1. The molecule has 0 aromatic heterocycles. The second-order valence-corrected chi connectivity index (χ2v) is 6.68. The number of aryl methyl sites for hydroxylation is 2. The van der Waals surface area contributed by atoms with Crippen molar-refractivity contribution in [3.63, 3.8) is 0 Å². The quantitative estimate of drug-likeness (QED) is 0.633. The maximum atomic E-state index is 12.3. The van der Waals surface area contributed by atoms with Gasteiger partial charge in [0, 0.05) is 0 Å². The van der Waals surface area contributed by atoms with E-state index in [-0.39, 0.29) is 17.8 Å². The van der Waals surface area contributed by atoms with Gasteiger partial charge in [0.05, 0.1) is 24.3 Å². The van der Waals surface area contributed by atoms with Gasteiger partial charge in [0.2, 0.25) is 0 Å². The Morgan fingerprint density at radius 2 is 1.79 bits per heavy atom. The standard InChI is InChI=1S/C20H25NO3/c1-13-11-14(2)17(22)16(12-13)21-18(15-9-7-6-8-10-15)20(3,4)19(23)24-5/h6-12,18,21-22H,1-5H3/t18-/m0/s1. The van der Waals surface area contributed by atoms with Crippen LogP contribution in [-0.4, -0.2) is 18.2 Å². The van der Waals surface area contributed by atoms with E-state index in [0.29, 0.717) is 5.69 Å². The van der Waals surface area contributed by atoms with Crippen molar-refractivity contribution in [1.82, 2.24) is 0 Å². The molecule has 0 aliphatic rings. The molecule has 0 spiro atoms. The van der Waals surface area contributed by atoms with Crippen LogP contribution >= 0.6 is 0 Å². The molecule has 4 nitrogen and oxygen atoms in total. The molecule has 0 saturated carbocycles. The number of carbonyl (C=O) groups excluding carboxylic acids is 1. The van der Waals surface area contributed by atoms with Crippen molar-refractivity contribution in [2.75, 3.05) is 12.4 Å². The monoisotopic (exact) mass is 327 g/mol. The highest BCUT2D eigenvalue weighted by atomic mass is 16.5. The zero-order valence-electron chi connectivity index (χ0n) is 14.9. The van der Waals surface area contributed by atoms with Crippen LogP contribution < -0.4 is 5.32 Å². The summed E-state index contributed by atoms with van der Waals surface area (Å²) >= 11 is 0. The fraction of sp³-hybridized carbons (Fsp3) is 0.350. The zero-order valence-corrected chi connectivity index (χ0v) is 14.9. The van der Waals surface area contributed by atoms with E-state index >= 15 is 0 Å². The van der Waals surface area contributed by atoms with Gasteiger partial charge in [-0.3, -0.25) is 4.79 Å². The van der Waals surface area contributed by atoms with E-state index in [1.807, 2.05) is 70.2 Å². The summed E-state index contributed by atoms with van der Waals surface area (Å²) < 4.78 is 4.99. The molecule has 0 unspecified atom stereocenters. The van der Waals surface area contributed by atoms with E-state index in [1.165, 1.54) is 7.11 Å². The number of hydrogen-bond acceptors (Lipinski definition) is 4. The van der Waals surface area contributed by atoms with Crippen molar-refractivity contribution in [3.8, 4) is 5.75 Å². The van der Waals surface area contributed by atoms with Crippen molar-refractivity contribution in [2.45, 2.75) is 33.7 Å². The van der Waals surface area contributed by atoms with Gasteiger partial charge < -0.3 is 15.2 Å². The average Bonchev–Trinajstić information content (AvgIpc) is 2.56. The predicted octanol–water partition coefficient (Wildman–Crippen LogP) is 4.36. The summed E-state index contributed by atoms with van der Waals surface area (Å²) in [6, 6.07) is 13.2. The van der Waals surface area contributed by atoms with E-state index in [4.69, 9.17) is 4.74 Å². The van der Waals surface area contributed by atoms with Gasteiger partial charge in [0.25, 0.3) is 0 Å². The third-order valence-electron chi connectivity index (χ3n) is 4.31. The molecule has 2 aromatic rings. The first kappa shape index (κ1) is 17.9. The van der Waals surface area contributed by atoms with Crippen LogP contribution in [0.4, 0.5) is 5.69 Å². The van der Waals surface area contributed by atoms with E-state index in [2.05, 4.69) is 5.32 Å². The molecule has 0 radical (unpaired) electrons. The van der Waals surface area contributed by atoms with Crippen LogP contribution in [0.3, 0.4) is 0 Å². The van der Waals surface area contributed by atoms with Gasteiger partial charge in [-0.1, -0.05) is 36.4 Å². The first-order valence-electron chi connectivity index (χ1n) is 7.97. The van der Waals surface area contributed by atoms with Crippen molar-refractivity contribution >= 4 is 11.7 Å². The van der Waals surface area contributed by atoms with E-state index in [1.54, 1.807) is 0 Å². The number of rotatable bonds is 5. The molecule has 0 aliphatic carbocycles. The number of esters is 1. The highest BCUT2D eigenvalue weighted by molar-refractivity contribution is 5.78. The number of methoxy groups -OCH3 is 1. The minimum absolute atomic E-state index is 0.196. The summed E-state index contributed by atoms with van der Waals surface area (Å²) in [6.07, 6.45) is 0. The third-order valence-corrected chi connectivity index (χ3v) is 4.31. The lowest BCUT2D eigenvalue weighted by molar-refractivity contribution is -0.151. The molecule has 0 amide bonds. The maximum absolute atomic E-state index is 12.3. The van der Waals surface area contributed by atoms with Crippen LogP contribution in [0.25, 0.3) is 0 Å². The van der Waals surface area contributed by atoms with E-state index < -0.39 is 5.41 Å². The number of phenols is 1. The number of carbonyl (C=O) groups is 1. The van der Waals surface area contributed by atoms with Gasteiger partial charge in [-0.2, -0.15) is 0 Å². The fourth-order valence-corrected chi connectivity index (χ4v) is 2.93. The molecule has 0 bridgehead atoms. The van der Waals surface area contributed by atoms with E-state index in [9.17, 15) is 9.90 Å². The maximum Gasteiger partial charge on any atom is 0.313 e. The topological polar surface area (TPSA) is 58.6 Å². The lowest BCUT2D eigenvalue weighted by atomic mass is 9.80. The summed E-state index contributed by atoms with van der Waals surface area (Å²) in [5, 5.41) is 13.8. The van der Waals surface area contributed by atoms with Gasteiger partial charge in [-0.05, 0) is 50.5 Å². The molecule has 128 valence electrons. The molecule has 2 rings (SSSR count). The van der Waals surface area contributed by atoms with E-state index in [0.717, 1.165) is 16.7 Å². The highest BCUT2D eigenvalue weighted by Gasteiger charge is 2.39. The Kier molecular flexibility index (Phi) is 5.17. The molecule has 0 fully saturated rings. The molecule has 2 N–H and O–H groups in total. The Hall–Kier alpha value is -2.49. The molecule has 1 atom stereocenters. The minimum atomic E-state index is -0.819. The van der Waals surface area contributed by atoms with Crippen LogP contribution in [0.5, 0.6) is 5.75 Å². The van der Waals surface area contributed by atoms with Crippen molar-refractivity contribution in [2.24, 2.45) is 5.41 Å². The number of hydrogen-bond donors (Lipinski definition) is 2. The Labute approximate surface area is 143 Å². The summed E-state index contributed by atoms with van der Waals surface area (Å²) in [5.41, 5.74) is 2.57. The Morgan fingerprint density at radius 1 is 1.17 bits per heavy atom. The third kappa shape index (κ3) is 3.53. The van der Waals surface area contributed by atoms with Gasteiger partial charge in [0.15, 0.2) is 0 Å². The highest BCUT2D eigenvalue weighted by Crippen LogP contribution is 2.40. The summed E-state index contributed by atoms with van der Waals surface area (Å²) in [6.45, 7) is 7.50. The van der Waals surface area contributed by atoms with Crippen LogP contribution in [0.1, 0.15) is 36.6 Å². The molecule has 2 aromatic carbocycles. The lowest BCUT2D eigenvalue weighted by Gasteiger charge is -2.34. The van der Waals surface area contributed by atoms with Crippen LogP contribution in [0.2, 0.25) is 0 Å². The number of benzene rings is 2. The zero-order chi connectivity index (χ0) is 17.9. The van der Waals surface area contributed by atoms with Gasteiger partial charge in [-0.15, -0.1) is 0 Å². The van der Waals surface area contributed by atoms with Crippen LogP contribution in [0, 0.1) is 19.3 Å². The van der Waals surface area contributed by atoms with Crippen LogP contribution in [-0.2, 0) is 9.53 Å². The van der Waals surface area contributed by atoms with Gasteiger partial charge >= 0.3 is 5.97 Å². The minimum Gasteiger partial charge on any atom is -0.506 e. The second-order valence-electron chi connectivity index (χ2n) is 6.68. The number of ether oxygens (including phenoxy) is 1. The van der Waals surface area contributed by atoms with Crippen molar-refractivity contribution in [1.29, 1.82) is 0 Å². The summed E-state index contributed by atoms with van der Waals surface area (Å²) in [4.78, 5) is 12.3. The molecule has 4 heteroatoms. The average molecular weight is 327 g/mol. The lowest BCUT2D eigenvalue weighted by Crippen LogP contribution is -2.36. The first-order chi connectivity index (χ1) is 11.3. The SMILES string of the molecule is COC(=O)C(C)(C)[C@@H](Nc1cc(C)cc(C)c1O)c1ccccc1. The second kappa shape index (κ2) is 6.95. The van der Waals surface area contributed by atoms with Gasteiger partial charge in [-0.25, -0.2) is 0 Å². The van der Waals surface area contributed by atoms with Crippen molar-refractivity contribution in [3.05, 3.63) is 59.2 Å². The molecule has 0 aliphatic heterocycles. The predicted molar refractivity (Wildman–Crippen MR) is 96.2 cm³/mol. The molecular formula is C20H25NO3.